The number of aryl methyl sites for hydroxylation is 1. The third-order valence-corrected chi connectivity index (χ3v) is 4.91. The second-order valence-electron chi connectivity index (χ2n) is 7.58. The summed E-state index contributed by atoms with van der Waals surface area (Å²) in [4.78, 5) is 35.0. The first-order chi connectivity index (χ1) is 17.8. The number of anilines is 1. The average Bonchev–Trinajstić information content (AvgIpc) is 2.81. The molecule has 38 heavy (non-hydrogen) atoms. The van der Waals surface area contributed by atoms with Crippen LogP contribution in [0, 0.1) is 23.3 Å². The van der Waals surface area contributed by atoms with E-state index in [0.29, 0.717) is 24.3 Å². The minimum absolute atomic E-state index is 0.191. The molecular weight excluding hydrogens is 529 g/mol. The molecule has 0 heterocycles. The fourth-order valence-corrected chi connectivity index (χ4v) is 3.11. The number of carbonyl (C=O) groups is 3. The van der Waals surface area contributed by atoms with E-state index >= 15 is 0 Å². The highest BCUT2D eigenvalue weighted by Crippen LogP contribution is 2.34. The summed E-state index contributed by atoms with van der Waals surface area (Å²) >= 11 is 0. The Kier molecular flexibility index (Phi) is 8.23. The van der Waals surface area contributed by atoms with Crippen molar-refractivity contribution in [2.24, 2.45) is 0 Å². The molecule has 200 valence electrons. The first-order valence-electron chi connectivity index (χ1n) is 10.4. The van der Waals surface area contributed by atoms with Gasteiger partial charge in [-0.15, -0.1) is 0 Å². The number of hydrogen-bond acceptors (Lipinski definition) is 4. The number of benzene rings is 3. The number of alkyl halides is 3. The maximum Gasteiger partial charge on any atom is 0.416 e. The molecule has 0 radical (unpaired) electrons. The lowest BCUT2D eigenvalue weighted by Crippen LogP contribution is -2.35. The Morgan fingerprint density at radius 2 is 1.58 bits per heavy atom. The molecule has 0 fully saturated rings. The van der Waals surface area contributed by atoms with Gasteiger partial charge in [0.05, 0.1) is 11.3 Å². The minimum Gasteiger partial charge on any atom is -0.481 e. The Bertz CT molecular complexity index is 1410. The second-order valence-corrected chi connectivity index (χ2v) is 7.58. The fourth-order valence-electron chi connectivity index (χ4n) is 3.11. The standard InChI is InChI=1S/C24H15F7N2O5/c25-14-5-1-11(2-8-19(34)35)21(28)20(14)22(36)33-23(37)32-17-6-4-13(10-15(17)26)38-18-7-3-12(9-16(18)27)24(29,30)31/h1,3-7,9-10H,2,8H2,(H,34,35)(H2,32,33,36,37). The topological polar surface area (TPSA) is 105 Å². The summed E-state index contributed by atoms with van der Waals surface area (Å²) < 4.78 is 99.9. The zero-order valence-electron chi connectivity index (χ0n) is 18.8. The molecule has 0 aliphatic carbocycles. The Hall–Kier alpha value is -4.62. The van der Waals surface area contributed by atoms with Crippen molar-refractivity contribution < 1.29 is 55.0 Å². The van der Waals surface area contributed by atoms with Crippen molar-refractivity contribution in [1.82, 2.24) is 5.32 Å². The molecule has 0 unspecified atom stereocenters. The van der Waals surface area contributed by atoms with Gasteiger partial charge in [0.2, 0.25) is 0 Å². The van der Waals surface area contributed by atoms with Crippen LogP contribution in [-0.2, 0) is 17.4 Å². The summed E-state index contributed by atoms with van der Waals surface area (Å²) in [5.41, 5.74) is -3.26. The Balaban J connectivity index is 1.69. The number of urea groups is 1. The Morgan fingerprint density at radius 3 is 2.18 bits per heavy atom. The van der Waals surface area contributed by atoms with Gasteiger partial charge in [0, 0.05) is 12.5 Å². The quantitative estimate of drug-likeness (QED) is 0.315. The molecule has 0 aliphatic rings. The summed E-state index contributed by atoms with van der Waals surface area (Å²) in [6.45, 7) is 0. The van der Waals surface area contributed by atoms with Crippen LogP contribution in [0.3, 0.4) is 0 Å². The van der Waals surface area contributed by atoms with E-state index in [1.807, 2.05) is 5.32 Å². The van der Waals surface area contributed by atoms with Gasteiger partial charge in [0.1, 0.15) is 28.8 Å². The van der Waals surface area contributed by atoms with Gasteiger partial charge in [-0.05, 0) is 48.4 Å². The number of nitrogens with one attached hydrogen (secondary N) is 2. The van der Waals surface area contributed by atoms with E-state index in [-0.39, 0.29) is 23.8 Å². The van der Waals surface area contributed by atoms with Crippen molar-refractivity contribution in [3.05, 3.63) is 88.5 Å². The first-order valence-corrected chi connectivity index (χ1v) is 10.4. The van der Waals surface area contributed by atoms with Crippen LogP contribution in [0.2, 0.25) is 0 Å². The maximum absolute atomic E-state index is 14.5. The van der Waals surface area contributed by atoms with Crippen LogP contribution in [0.15, 0.2) is 48.5 Å². The van der Waals surface area contributed by atoms with Gasteiger partial charge in [-0.25, -0.2) is 22.4 Å². The van der Waals surface area contributed by atoms with E-state index < -0.39 is 76.3 Å². The van der Waals surface area contributed by atoms with Crippen molar-refractivity contribution in [2.45, 2.75) is 19.0 Å². The summed E-state index contributed by atoms with van der Waals surface area (Å²) in [5.74, 6) is -9.05. The normalized spacial score (nSPS) is 11.1. The van der Waals surface area contributed by atoms with Crippen LogP contribution in [-0.4, -0.2) is 23.0 Å². The molecule has 7 nitrogen and oxygen atoms in total. The van der Waals surface area contributed by atoms with Gasteiger partial charge in [-0.2, -0.15) is 13.2 Å². The average molecular weight is 544 g/mol. The van der Waals surface area contributed by atoms with Gasteiger partial charge in [0.15, 0.2) is 11.6 Å². The van der Waals surface area contributed by atoms with E-state index in [1.54, 1.807) is 5.32 Å². The SMILES string of the molecule is O=C(O)CCc1ccc(F)c(C(=O)NC(=O)Nc2ccc(Oc3ccc(C(F)(F)F)cc3F)cc2F)c1F. The van der Waals surface area contributed by atoms with Crippen molar-refractivity contribution >= 4 is 23.6 Å². The number of halogens is 7. The second kappa shape index (κ2) is 11.2. The number of ether oxygens (including phenoxy) is 1. The van der Waals surface area contributed by atoms with E-state index in [1.165, 1.54) is 0 Å². The largest absolute Gasteiger partial charge is 0.481 e. The molecule has 0 aliphatic heterocycles. The molecule has 0 spiro atoms. The summed E-state index contributed by atoms with van der Waals surface area (Å²) in [6, 6.07) is 4.27. The lowest BCUT2D eigenvalue weighted by atomic mass is 10.0. The monoisotopic (exact) mass is 544 g/mol. The lowest BCUT2D eigenvalue weighted by molar-refractivity contribution is -0.138. The van der Waals surface area contributed by atoms with Gasteiger partial charge in [0.25, 0.3) is 5.91 Å². The van der Waals surface area contributed by atoms with E-state index in [9.17, 15) is 45.1 Å². The zero-order chi connectivity index (χ0) is 28.2. The number of carboxylic acids is 1. The van der Waals surface area contributed by atoms with Crippen molar-refractivity contribution in [1.29, 1.82) is 0 Å². The minimum atomic E-state index is -4.79. The highest BCUT2D eigenvalue weighted by atomic mass is 19.4. The molecule has 0 saturated carbocycles. The van der Waals surface area contributed by atoms with Crippen LogP contribution in [0.1, 0.15) is 27.9 Å². The number of aliphatic carboxylic acids is 1. The molecule has 3 rings (SSSR count). The van der Waals surface area contributed by atoms with Crippen LogP contribution in [0.25, 0.3) is 0 Å². The van der Waals surface area contributed by atoms with Crippen molar-refractivity contribution in [2.75, 3.05) is 5.32 Å². The highest BCUT2D eigenvalue weighted by molar-refractivity contribution is 6.08. The summed E-state index contributed by atoms with van der Waals surface area (Å²) in [5, 5.41) is 12.2. The molecular formula is C24H15F7N2O5. The number of hydrogen-bond donors (Lipinski definition) is 3. The lowest BCUT2D eigenvalue weighted by Gasteiger charge is -2.12. The van der Waals surface area contributed by atoms with Gasteiger partial charge in [-0.1, -0.05) is 6.07 Å². The molecule has 14 heteroatoms. The number of rotatable bonds is 7. The molecule has 3 N–H and O–H groups in total. The predicted octanol–water partition coefficient (Wildman–Crippen LogP) is 6.03. The summed E-state index contributed by atoms with van der Waals surface area (Å²) in [7, 11) is 0. The molecule has 0 saturated heterocycles. The third-order valence-electron chi connectivity index (χ3n) is 4.91. The van der Waals surface area contributed by atoms with Crippen molar-refractivity contribution in [3.63, 3.8) is 0 Å². The molecule has 3 aromatic carbocycles. The number of carboxylic acid groups (broad SMARTS) is 1. The zero-order valence-corrected chi connectivity index (χ0v) is 18.8. The number of imide groups is 1. The van der Waals surface area contributed by atoms with Crippen LogP contribution in [0.5, 0.6) is 11.5 Å². The first kappa shape index (κ1) is 28.0. The van der Waals surface area contributed by atoms with Crippen LogP contribution < -0.4 is 15.4 Å². The number of carbonyl (C=O) groups excluding carboxylic acids is 2. The summed E-state index contributed by atoms with van der Waals surface area (Å²) in [6.07, 6.45) is -5.65. The smallest absolute Gasteiger partial charge is 0.416 e. The molecule has 0 atom stereocenters. The third kappa shape index (κ3) is 6.78. The van der Waals surface area contributed by atoms with E-state index in [2.05, 4.69) is 0 Å². The van der Waals surface area contributed by atoms with Gasteiger partial charge in [-0.3, -0.25) is 14.9 Å². The van der Waals surface area contributed by atoms with Gasteiger partial charge < -0.3 is 15.2 Å². The molecule has 0 bridgehead atoms. The van der Waals surface area contributed by atoms with Crippen molar-refractivity contribution in [3.8, 4) is 11.5 Å². The maximum atomic E-state index is 14.5. The van der Waals surface area contributed by atoms with Gasteiger partial charge >= 0.3 is 18.2 Å². The van der Waals surface area contributed by atoms with Crippen LogP contribution in [0.4, 0.5) is 41.2 Å². The van der Waals surface area contributed by atoms with E-state index in [0.717, 1.165) is 18.2 Å². The molecule has 3 aromatic rings. The molecule has 3 amide bonds. The molecule has 0 aromatic heterocycles. The number of amides is 3. The Morgan fingerprint density at radius 1 is 0.868 bits per heavy atom. The van der Waals surface area contributed by atoms with E-state index in [4.69, 9.17) is 9.84 Å². The Labute approximate surface area is 208 Å². The fraction of sp³-hybridized carbons (Fsp3) is 0.125. The highest BCUT2D eigenvalue weighted by Gasteiger charge is 2.31. The predicted molar refractivity (Wildman–Crippen MR) is 117 cm³/mol. The van der Waals surface area contributed by atoms with Crippen LogP contribution >= 0.6 is 0 Å².